The smallest absolute Gasteiger partial charge is 0.133 e. The first kappa shape index (κ1) is 16.3. The van der Waals surface area contributed by atoms with Gasteiger partial charge in [0, 0.05) is 43.8 Å². The second kappa shape index (κ2) is 6.38. The predicted molar refractivity (Wildman–Crippen MR) is 88.9 cm³/mol. The van der Waals surface area contributed by atoms with E-state index in [0.717, 1.165) is 38.3 Å². The van der Waals surface area contributed by atoms with E-state index >= 15 is 0 Å². The average Bonchev–Trinajstić information content (AvgIpc) is 2.40. The molecule has 1 heterocycles. The Morgan fingerprint density at radius 1 is 1.24 bits per heavy atom. The van der Waals surface area contributed by atoms with Crippen molar-refractivity contribution >= 4 is 17.2 Å². The third-order valence-electron chi connectivity index (χ3n) is 4.02. The molecule has 0 bridgehead atoms. The Hall–Kier alpha value is -1.04. The number of nitrogens with two attached hydrogens (primary N) is 1. The lowest BCUT2D eigenvalue weighted by molar-refractivity contribution is 0.0591. The Labute approximate surface area is 131 Å². The molecule has 0 saturated carbocycles. The van der Waals surface area contributed by atoms with Gasteiger partial charge in [-0.25, -0.2) is 4.39 Å². The van der Waals surface area contributed by atoms with Crippen LogP contribution in [0.1, 0.15) is 31.9 Å². The van der Waals surface area contributed by atoms with Gasteiger partial charge >= 0.3 is 0 Å². The van der Waals surface area contributed by atoms with E-state index in [1.165, 1.54) is 6.07 Å². The molecule has 1 aliphatic heterocycles. The molecule has 21 heavy (non-hydrogen) atoms. The van der Waals surface area contributed by atoms with Crippen LogP contribution in [0.4, 0.5) is 4.39 Å². The summed E-state index contributed by atoms with van der Waals surface area (Å²) in [5.74, 6) is -0.344. The molecule has 3 nitrogen and oxygen atoms in total. The lowest BCUT2D eigenvalue weighted by Crippen LogP contribution is -2.53. The molecule has 1 fully saturated rings. The van der Waals surface area contributed by atoms with E-state index in [-0.39, 0.29) is 16.3 Å². The normalized spacial score (nSPS) is 17.9. The maximum atomic E-state index is 13.6. The maximum absolute atomic E-state index is 13.6. The van der Waals surface area contributed by atoms with Crippen LogP contribution in [0.15, 0.2) is 18.2 Å². The summed E-state index contributed by atoms with van der Waals surface area (Å²) in [6.07, 6.45) is 0. The Bertz CT molecular complexity index is 517. The summed E-state index contributed by atoms with van der Waals surface area (Å²) >= 11 is 4.89. The van der Waals surface area contributed by atoms with E-state index in [9.17, 15) is 4.39 Å². The molecular formula is C16H24FN3S. The maximum Gasteiger partial charge on any atom is 0.133 e. The SMILES string of the molecule is CC(C)(C)N1CCN(Cc2ccc(F)c(C(N)=S)c2)CC1. The Morgan fingerprint density at radius 3 is 2.38 bits per heavy atom. The molecule has 0 aliphatic carbocycles. The van der Waals surface area contributed by atoms with E-state index in [2.05, 4.69) is 30.6 Å². The molecule has 0 spiro atoms. The molecule has 0 radical (unpaired) electrons. The standard InChI is InChI=1S/C16H24FN3S/c1-16(2,3)20-8-6-19(7-9-20)11-12-4-5-14(17)13(10-12)15(18)21/h4-5,10H,6-9,11H2,1-3H3,(H2,18,21). The van der Waals surface area contributed by atoms with Crippen molar-refractivity contribution in [3.8, 4) is 0 Å². The highest BCUT2D eigenvalue weighted by Gasteiger charge is 2.25. The summed E-state index contributed by atoms with van der Waals surface area (Å²) in [5.41, 5.74) is 7.18. The fraction of sp³-hybridized carbons (Fsp3) is 0.562. The average molecular weight is 309 g/mol. The summed E-state index contributed by atoms with van der Waals surface area (Å²) < 4.78 is 13.6. The van der Waals surface area contributed by atoms with Gasteiger partial charge in [-0.3, -0.25) is 9.80 Å². The Morgan fingerprint density at radius 2 is 1.86 bits per heavy atom. The summed E-state index contributed by atoms with van der Waals surface area (Å²) in [4.78, 5) is 5.00. The van der Waals surface area contributed by atoms with Gasteiger partial charge < -0.3 is 5.73 Å². The van der Waals surface area contributed by atoms with Crippen LogP contribution in [0.25, 0.3) is 0 Å². The highest BCUT2D eigenvalue weighted by Crippen LogP contribution is 2.18. The third-order valence-corrected chi connectivity index (χ3v) is 4.24. The summed E-state index contributed by atoms with van der Waals surface area (Å²) in [6, 6.07) is 5.04. The van der Waals surface area contributed by atoms with Crippen molar-refractivity contribution in [3.63, 3.8) is 0 Å². The first-order valence-electron chi connectivity index (χ1n) is 7.33. The first-order valence-corrected chi connectivity index (χ1v) is 7.74. The number of piperazine rings is 1. The van der Waals surface area contributed by atoms with Gasteiger partial charge in [0.25, 0.3) is 0 Å². The molecule has 1 saturated heterocycles. The van der Waals surface area contributed by atoms with E-state index in [4.69, 9.17) is 18.0 Å². The molecule has 0 amide bonds. The molecule has 0 atom stereocenters. The largest absolute Gasteiger partial charge is 0.389 e. The van der Waals surface area contributed by atoms with Gasteiger partial charge in [0.05, 0.1) is 0 Å². The molecule has 1 aliphatic rings. The Balaban J connectivity index is 1.98. The number of nitrogens with zero attached hydrogens (tertiary/aromatic N) is 2. The van der Waals surface area contributed by atoms with Gasteiger partial charge in [-0.05, 0) is 38.5 Å². The van der Waals surface area contributed by atoms with Crippen LogP contribution in [0, 0.1) is 5.82 Å². The van der Waals surface area contributed by atoms with Gasteiger partial charge in [0.15, 0.2) is 0 Å². The predicted octanol–water partition coefficient (Wildman–Crippen LogP) is 2.38. The van der Waals surface area contributed by atoms with Gasteiger partial charge in [-0.15, -0.1) is 0 Å². The van der Waals surface area contributed by atoms with E-state index < -0.39 is 0 Å². The molecular weight excluding hydrogens is 285 g/mol. The minimum Gasteiger partial charge on any atom is -0.389 e. The van der Waals surface area contributed by atoms with Crippen molar-refractivity contribution in [2.24, 2.45) is 5.73 Å². The second-order valence-electron chi connectivity index (χ2n) is 6.61. The van der Waals surface area contributed by atoms with Gasteiger partial charge in [-0.1, -0.05) is 18.3 Å². The van der Waals surface area contributed by atoms with Crippen molar-refractivity contribution in [1.82, 2.24) is 9.80 Å². The highest BCUT2D eigenvalue weighted by molar-refractivity contribution is 7.80. The molecule has 5 heteroatoms. The fourth-order valence-electron chi connectivity index (χ4n) is 2.69. The highest BCUT2D eigenvalue weighted by atomic mass is 32.1. The minimum absolute atomic E-state index is 0.118. The van der Waals surface area contributed by atoms with Crippen molar-refractivity contribution in [2.75, 3.05) is 26.2 Å². The van der Waals surface area contributed by atoms with Crippen LogP contribution in [0.3, 0.4) is 0 Å². The van der Waals surface area contributed by atoms with E-state index in [0.29, 0.717) is 5.56 Å². The van der Waals surface area contributed by atoms with Crippen LogP contribution in [0.2, 0.25) is 0 Å². The first-order chi connectivity index (χ1) is 9.77. The van der Waals surface area contributed by atoms with Crippen LogP contribution in [-0.2, 0) is 6.54 Å². The number of benzene rings is 1. The molecule has 0 unspecified atom stereocenters. The van der Waals surface area contributed by atoms with Gasteiger partial charge in [0.2, 0.25) is 0 Å². The van der Waals surface area contributed by atoms with Crippen LogP contribution in [-0.4, -0.2) is 46.5 Å². The zero-order valence-electron chi connectivity index (χ0n) is 13.0. The summed E-state index contributed by atoms with van der Waals surface area (Å²) in [6.45, 7) is 11.7. The van der Waals surface area contributed by atoms with Crippen LogP contribution in [0.5, 0.6) is 0 Å². The van der Waals surface area contributed by atoms with E-state index in [1.54, 1.807) is 6.07 Å². The summed E-state index contributed by atoms with van der Waals surface area (Å²) in [7, 11) is 0. The number of hydrogen-bond acceptors (Lipinski definition) is 3. The molecule has 2 rings (SSSR count). The van der Waals surface area contributed by atoms with Crippen LogP contribution >= 0.6 is 12.2 Å². The fourth-order valence-corrected chi connectivity index (χ4v) is 2.85. The lowest BCUT2D eigenvalue weighted by atomic mass is 10.0. The van der Waals surface area contributed by atoms with E-state index in [1.807, 2.05) is 6.07 Å². The second-order valence-corrected chi connectivity index (χ2v) is 7.05. The van der Waals surface area contributed by atoms with Crippen molar-refractivity contribution < 1.29 is 4.39 Å². The zero-order valence-corrected chi connectivity index (χ0v) is 13.8. The zero-order chi connectivity index (χ0) is 15.6. The van der Waals surface area contributed by atoms with Crippen molar-refractivity contribution in [3.05, 3.63) is 35.1 Å². The number of halogens is 1. The number of thiocarbonyl (C=S) groups is 1. The minimum atomic E-state index is -0.344. The van der Waals surface area contributed by atoms with Crippen LogP contribution < -0.4 is 5.73 Å². The van der Waals surface area contributed by atoms with Crippen molar-refractivity contribution in [1.29, 1.82) is 0 Å². The Kier molecular flexibility index (Phi) is 4.96. The third kappa shape index (κ3) is 4.22. The monoisotopic (exact) mass is 309 g/mol. The molecule has 0 aromatic heterocycles. The van der Waals surface area contributed by atoms with Gasteiger partial charge in [0.1, 0.15) is 10.8 Å². The summed E-state index contributed by atoms with van der Waals surface area (Å²) in [5, 5.41) is 0. The lowest BCUT2D eigenvalue weighted by Gasteiger charge is -2.42. The molecule has 2 N–H and O–H groups in total. The quantitative estimate of drug-likeness (QED) is 0.869. The molecule has 1 aromatic carbocycles. The topological polar surface area (TPSA) is 32.5 Å². The van der Waals surface area contributed by atoms with Gasteiger partial charge in [-0.2, -0.15) is 0 Å². The molecule has 1 aromatic rings. The number of hydrogen-bond donors (Lipinski definition) is 1. The van der Waals surface area contributed by atoms with Crippen molar-refractivity contribution in [2.45, 2.75) is 32.9 Å². The number of rotatable bonds is 3. The molecule has 116 valence electrons.